The number of ether oxygens (including phenoxy) is 5. The van der Waals surface area contributed by atoms with E-state index in [4.69, 9.17) is 23.7 Å². The largest absolute Gasteiger partial charge is 0.497 e. The molecule has 2 aliphatic heterocycles. The standard InChI is InChI=1S/C23H27NO6/c1-26-18-11-16(12-19(14-18)27-2)13-21(25)24-9-7-23(8-10-24)29-15-17-5-4-6-20(28-3)22(17)30-23/h4-6,11-12,14H,7-10,13,15H2,1-3H3. The summed E-state index contributed by atoms with van der Waals surface area (Å²) < 4.78 is 28.4. The van der Waals surface area contributed by atoms with E-state index in [1.54, 1.807) is 27.4 Å². The summed E-state index contributed by atoms with van der Waals surface area (Å²) in [6.07, 6.45) is 1.51. The van der Waals surface area contributed by atoms with Crippen LogP contribution in [0.2, 0.25) is 0 Å². The monoisotopic (exact) mass is 413 g/mol. The van der Waals surface area contributed by atoms with Gasteiger partial charge >= 0.3 is 0 Å². The quantitative estimate of drug-likeness (QED) is 0.750. The molecule has 0 aliphatic carbocycles. The van der Waals surface area contributed by atoms with Crippen molar-refractivity contribution in [3.63, 3.8) is 0 Å². The van der Waals surface area contributed by atoms with E-state index in [0.29, 0.717) is 56.2 Å². The summed E-state index contributed by atoms with van der Waals surface area (Å²) >= 11 is 0. The number of para-hydroxylation sites is 1. The van der Waals surface area contributed by atoms with Crippen LogP contribution in [0.25, 0.3) is 0 Å². The van der Waals surface area contributed by atoms with Crippen LogP contribution in [0, 0.1) is 0 Å². The second-order valence-electron chi connectivity index (χ2n) is 7.53. The maximum atomic E-state index is 12.9. The number of hydrogen-bond acceptors (Lipinski definition) is 6. The van der Waals surface area contributed by atoms with Crippen LogP contribution in [-0.4, -0.2) is 51.0 Å². The summed E-state index contributed by atoms with van der Waals surface area (Å²) in [6, 6.07) is 11.3. The van der Waals surface area contributed by atoms with E-state index in [1.807, 2.05) is 35.2 Å². The van der Waals surface area contributed by atoms with Crippen molar-refractivity contribution in [2.75, 3.05) is 34.4 Å². The number of methoxy groups -OCH3 is 3. The Kier molecular flexibility index (Phi) is 5.72. The number of carbonyl (C=O) groups excluding carboxylic acids is 1. The summed E-state index contributed by atoms with van der Waals surface area (Å²) in [5.74, 6) is 2.15. The van der Waals surface area contributed by atoms with Crippen LogP contribution in [-0.2, 0) is 22.6 Å². The van der Waals surface area contributed by atoms with Gasteiger partial charge in [0.1, 0.15) is 11.5 Å². The average molecular weight is 413 g/mol. The van der Waals surface area contributed by atoms with Crippen LogP contribution in [0.5, 0.6) is 23.0 Å². The third-order valence-electron chi connectivity index (χ3n) is 5.70. The van der Waals surface area contributed by atoms with E-state index in [1.165, 1.54) is 0 Å². The number of piperidine rings is 1. The lowest BCUT2D eigenvalue weighted by Crippen LogP contribution is -2.52. The predicted molar refractivity (Wildman–Crippen MR) is 110 cm³/mol. The number of amides is 1. The normalized spacial score (nSPS) is 17.1. The van der Waals surface area contributed by atoms with Gasteiger partial charge in [0.15, 0.2) is 11.5 Å². The van der Waals surface area contributed by atoms with E-state index in [2.05, 4.69) is 0 Å². The molecule has 2 heterocycles. The molecule has 0 N–H and O–H groups in total. The van der Waals surface area contributed by atoms with Gasteiger partial charge in [-0.25, -0.2) is 0 Å². The van der Waals surface area contributed by atoms with E-state index in [9.17, 15) is 4.79 Å². The Morgan fingerprint density at radius 1 is 1.03 bits per heavy atom. The van der Waals surface area contributed by atoms with Gasteiger partial charge in [0, 0.05) is 37.6 Å². The fourth-order valence-corrected chi connectivity index (χ4v) is 3.97. The third kappa shape index (κ3) is 4.03. The van der Waals surface area contributed by atoms with Crippen molar-refractivity contribution >= 4 is 5.91 Å². The average Bonchev–Trinajstić information content (AvgIpc) is 2.78. The molecule has 1 fully saturated rings. The lowest BCUT2D eigenvalue weighted by atomic mass is 10.00. The van der Waals surface area contributed by atoms with Gasteiger partial charge in [0.05, 0.1) is 34.4 Å². The van der Waals surface area contributed by atoms with Gasteiger partial charge < -0.3 is 28.6 Å². The van der Waals surface area contributed by atoms with Crippen LogP contribution >= 0.6 is 0 Å². The first-order valence-electron chi connectivity index (χ1n) is 10.0. The Morgan fingerprint density at radius 3 is 2.37 bits per heavy atom. The van der Waals surface area contributed by atoms with Gasteiger partial charge in [-0.2, -0.15) is 0 Å². The van der Waals surface area contributed by atoms with Crippen LogP contribution in [0.4, 0.5) is 0 Å². The van der Waals surface area contributed by atoms with Crippen molar-refractivity contribution in [2.45, 2.75) is 31.7 Å². The van der Waals surface area contributed by atoms with Gasteiger partial charge in [-0.3, -0.25) is 4.79 Å². The fraction of sp³-hybridized carbons (Fsp3) is 0.435. The first-order chi connectivity index (χ1) is 14.6. The maximum absolute atomic E-state index is 12.9. The molecule has 2 aromatic carbocycles. The molecule has 0 saturated carbocycles. The summed E-state index contributed by atoms with van der Waals surface area (Å²) in [5.41, 5.74) is 1.84. The summed E-state index contributed by atoms with van der Waals surface area (Å²) in [5, 5.41) is 0. The highest BCUT2D eigenvalue weighted by Crippen LogP contribution is 2.42. The molecule has 0 unspecified atom stereocenters. The van der Waals surface area contributed by atoms with Crippen molar-refractivity contribution in [2.24, 2.45) is 0 Å². The zero-order valence-corrected chi connectivity index (χ0v) is 17.6. The molecule has 1 saturated heterocycles. The molecule has 0 aromatic heterocycles. The molecular formula is C23H27NO6. The highest BCUT2D eigenvalue weighted by atomic mass is 16.7. The molecule has 0 radical (unpaired) electrons. The second-order valence-corrected chi connectivity index (χ2v) is 7.53. The van der Waals surface area contributed by atoms with Crippen LogP contribution in [0.1, 0.15) is 24.0 Å². The number of fused-ring (bicyclic) bond motifs is 1. The third-order valence-corrected chi connectivity index (χ3v) is 5.70. The molecule has 2 aromatic rings. The molecule has 30 heavy (non-hydrogen) atoms. The molecule has 7 nitrogen and oxygen atoms in total. The number of likely N-dealkylation sites (tertiary alicyclic amines) is 1. The highest BCUT2D eigenvalue weighted by Gasteiger charge is 2.42. The van der Waals surface area contributed by atoms with E-state index < -0.39 is 5.79 Å². The van der Waals surface area contributed by atoms with Gasteiger partial charge in [0.2, 0.25) is 11.7 Å². The molecule has 4 rings (SSSR count). The Labute approximate surface area is 176 Å². The Bertz CT molecular complexity index is 883. The van der Waals surface area contributed by atoms with Crippen LogP contribution in [0.3, 0.4) is 0 Å². The maximum Gasteiger partial charge on any atom is 0.227 e. The molecule has 1 amide bonds. The molecular weight excluding hydrogens is 386 g/mol. The van der Waals surface area contributed by atoms with Gasteiger partial charge in [-0.15, -0.1) is 0 Å². The van der Waals surface area contributed by atoms with E-state index in [-0.39, 0.29) is 5.91 Å². The zero-order valence-electron chi connectivity index (χ0n) is 17.6. The highest BCUT2D eigenvalue weighted by molar-refractivity contribution is 5.79. The number of rotatable bonds is 5. The number of benzene rings is 2. The molecule has 160 valence electrons. The van der Waals surface area contributed by atoms with Gasteiger partial charge in [-0.1, -0.05) is 12.1 Å². The van der Waals surface area contributed by atoms with Crippen molar-refractivity contribution < 1.29 is 28.5 Å². The van der Waals surface area contributed by atoms with Crippen LogP contribution in [0.15, 0.2) is 36.4 Å². The van der Waals surface area contributed by atoms with Gasteiger partial charge in [-0.05, 0) is 23.8 Å². The Morgan fingerprint density at radius 2 is 1.73 bits per heavy atom. The number of hydrogen-bond donors (Lipinski definition) is 0. The molecule has 1 spiro atoms. The SMILES string of the molecule is COc1cc(CC(=O)N2CCC3(CC2)OCc2cccc(OC)c2O3)cc(OC)c1. The van der Waals surface area contributed by atoms with Gasteiger partial charge in [0.25, 0.3) is 0 Å². The Hall–Kier alpha value is -2.93. The van der Waals surface area contributed by atoms with Crippen molar-refractivity contribution in [3.05, 3.63) is 47.5 Å². The molecule has 0 bridgehead atoms. The Balaban J connectivity index is 1.41. The summed E-state index contributed by atoms with van der Waals surface area (Å²) in [4.78, 5) is 14.7. The minimum Gasteiger partial charge on any atom is -0.497 e. The van der Waals surface area contributed by atoms with Crippen molar-refractivity contribution in [1.29, 1.82) is 0 Å². The van der Waals surface area contributed by atoms with Crippen LogP contribution < -0.4 is 18.9 Å². The first kappa shape index (κ1) is 20.3. The smallest absolute Gasteiger partial charge is 0.227 e. The van der Waals surface area contributed by atoms with Crippen molar-refractivity contribution in [3.8, 4) is 23.0 Å². The second kappa shape index (κ2) is 8.44. The minimum absolute atomic E-state index is 0.0638. The first-order valence-corrected chi connectivity index (χ1v) is 10.0. The minimum atomic E-state index is -0.711. The predicted octanol–water partition coefficient (Wildman–Crippen LogP) is 3.18. The lowest BCUT2D eigenvalue weighted by molar-refractivity contribution is -0.228. The molecule has 2 aliphatic rings. The molecule has 7 heteroatoms. The summed E-state index contributed by atoms with van der Waals surface area (Å²) in [6.45, 7) is 1.62. The molecule has 0 atom stereocenters. The number of nitrogens with zero attached hydrogens (tertiary/aromatic N) is 1. The fourth-order valence-electron chi connectivity index (χ4n) is 3.97. The number of carbonyl (C=O) groups is 1. The summed E-state index contributed by atoms with van der Waals surface area (Å²) in [7, 11) is 4.83. The lowest BCUT2D eigenvalue weighted by Gasteiger charge is -2.44. The van der Waals surface area contributed by atoms with E-state index >= 15 is 0 Å². The zero-order chi connectivity index (χ0) is 21.1. The van der Waals surface area contributed by atoms with Crippen molar-refractivity contribution in [1.82, 2.24) is 4.90 Å². The topological polar surface area (TPSA) is 66.5 Å². The van der Waals surface area contributed by atoms with E-state index in [0.717, 1.165) is 16.9 Å².